The van der Waals surface area contributed by atoms with Gasteiger partial charge in [-0.05, 0) is 55.9 Å². The number of carbonyl (C=O) groups is 1. The molecule has 3 nitrogen and oxygen atoms in total. The third-order valence-electron chi connectivity index (χ3n) is 4.55. The Bertz CT molecular complexity index is 704. The van der Waals surface area contributed by atoms with Gasteiger partial charge in [-0.2, -0.15) is 0 Å². The number of rotatable bonds is 4. The molecule has 1 aliphatic carbocycles. The van der Waals surface area contributed by atoms with Crippen LogP contribution in [0.1, 0.15) is 49.3 Å². The first-order valence-corrected chi connectivity index (χ1v) is 8.08. The molecular formula is C20H22O3. The summed E-state index contributed by atoms with van der Waals surface area (Å²) in [4.78, 5) is 11.4. The Morgan fingerprint density at radius 3 is 2.57 bits per heavy atom. The lowest BCUT2D eigenvalue weighted by molar-refractivity contribution is -0.152. The Balaban J connectivity index is 1.99. The van der Waals surface area contributed by atoms with E-state index >= 15 is 0 Å². The van der Waals surface area contributed by atoms with Crippen LogP contribution in [-0.2, 0) is 11.2 Å². The molecule has 0 aliphatic heterocycles. The van der Waals surface area contributed by atoms with Gasteiger partial charge in [-0.3, -0.25) is 0 Å². The number of fused-ring (bicyclic) bond motifs is 1. The zero-order chi connectivity index (χ0) is 16.4. The quantitative estimate of drug-likeness (QED) is 0.910. The van der Waals surface area contributed by atoms with E-state index in [0.717, 1.165) is 24.8 Å². The maximum atomic E-state index is 11.4. The summed E-state index contributed by atoms with van der Waals surface area (Å²) in [5, 5.41) is 9.31. The minimum absolute atomic E-state index is 0.358. The van der Waals surface area contributed by atoms with Crippen molar-refractivity contribution in [3.63, 3.8) is 0 Å². The number of carboxylic acid groups (broad SMARTS) is 1. The molecule has 2 aromatic carbocycles. The lowest BCUT2D eigenvalue weighted by atomic mass is 9.78. The molecule has 1 unspecified atom stereocenters. The predicted octanol–water partition coefficient (Wildman–Crippen LogP) is 4.40. The molecule has 3 rings (SSSR count). The zero-order valence-electron chi connectivity index (χ0n) is 13.6. The Morgan fingerprint density at radius 1 is 1.13 bits per heavy atom. The van der Waals surface area contributed by atoms with Gasteiger partial charge < -0.3 is 9.84 Å². The lowest BCUT2D eigenvalue weighted by Gasteiger charge is -2.30. The zero-order valence-corrected chi connectivity index (χ0v) is 13.6. The second-order valence-corrected chi connectivity index (χ2v) is 6.60. The van der Waals surface area contributed by atoms with Crippen LogP contribution in [0.2, 0.25) is 0 Å². The van der Waals surface area contributed by atoms with Crippen LogP contribution in [0, 0.1) is 0 Å². The van der Waals surface area contributed by atoms with E-state index in [1.807, 2.05) is 18.2 Å². The lowest BCUT2D eigenvalue weighted by Crippen LogP contribution is -2.38. The Hall–Kier alpha value is -2.29. The fourth-order valence-corrected chi connectivity index (χ4v) is 3.26. The fourth-order valence-electron chi connectivity index (χ4n) is 3.26. The van der Waals surface area contributed by atoms with Crippen molar-refractivity contribution in [2.75, 3.05) is 0 Å². The first-order valence-electron chi connectivity index (χ1n) is 8.08. The molecule has 1 N–H and O–H groups in total. The van der Waals surface area contributed by atoms with E-state index in [1.165, 1.54) is 11.1 Å². The summed E-state index contributed by atoms with van der Waals surface area (Å²) in [6, 6.07) is 16.5. The molecule has 1 atom stereocenters. The van der Waals surface area contributed by atoms with E-state index in [-0.39, 0.29) is 0 Å². The highest BCUT2D eigenvalue weighted by Crippen LogP contribution is 2.41. The van der Waals surface area contributed by atoms with Crippen molar-refractivity contribution in [1.29, 1.82) is 0 Å². The van der Waals surface area contributed by atoms with Gasteiger partial charge in [0.25, 0.3) is 0 Å². The fraction of sp³-hybridized carbons (Fsp3) is 0.350. The van der Waals surface area contributed by atoms with Gasteiger partial charge in [0.1, 0.15) is 5.75 Å². The molecule has 0 fully saturated rings. The molecule has 1 aliphatic rings. The van der Waals surface area contributed by atoms with Gasteiger partial charge >= 0.3 is 5.97 Å². The van der Waals surface area contributed by atoms with Crippen LogP contribution in [0.3, 0.4) is 0 Å². The molecule has 0 radical (unpaired) electrons. The average molecular weight is 310 g/mol. The van der Waals surface area contributed by atoms with Gasteiger partial charge in [-0.15, -0.1) is 0 Å². The van der Waals surface area contributed by atoms with Crippen LogP contribution in [0.15, 0.2) is 48.5 Å². The van der Waals surface area contributed by atoms with Crippen LogP contribution >= 0.6 is 0 Å². The molecular weight excluding hydrogens is 288 g/mol. The topological polar surface area (TPSA) is 46.5 Å². The second kappa shape index (κ2) is 6.07. The number of ether oxygens (including phenoxy) is 1. The molecule has 3 heteroatoms. The Kier molecular flexibility index (Phi) is 4.12. The first-order chi connectivity index (χ1) is 11.0. The minimum atomic E-state index is -1.23. The van der Waals surface area contributed by atoms with E-state index < -0.39 is 11.6 Å². The normalized spacial score (nSPS) is 17.4. The van der Waals surface area contributed by atoms with E-state index in [2.05, 4.69) is 30.3 Å². The average Bonchev–Trinajstić information content (AvgIpc) is 2.55. The largest absolute Gasteiger partial charge is 0.478 e. The van der Waals surface area contributed by atoms with Crippen LogP contribution in [0.5, 0.6) is 5.75 Å². The van der Waals surface area contributed by atoms with Crippen molar-refractivity contribution in [3.8, 4) is 5.75 Å². The van der Waals surface area contributed by atoms with Crippen molar-refractivity contribution in [2.45, 2.75) is 44.6 Å². The van der Waals surface area contributed by atoms with E-state index in [0.29, 0.717) is 11.7 Å². The number of carboxylic acids is 1. The summed E-state index contributed by atoms with van der Waals surface area (Å²) in [6.07, 6.45) is 3.13. The smallest absolute Gasteiger partial charge is 0.347 e. The summed E-state index contributed by atoms with van der Waals surface area (Å²) in [6.45, 7) is 3.18. The number of benzene rings is 2. The molecule has 0 bridgehead atoms. The number of hydrogen-bond acceptors (Lipinski definition) is 2. The highest BCUT2D eigenvalue weighted by atomic mass is 16.5. The van der Waals surface area contributed by atoms with Crippen LogP contribution in [-0.4, -0.2) is 16.7 Å². The molecule has 0 spiro atoms. The maximum absolute atomic E-state index is 11.4. The molecule has 2 aromatic rings. The summed E-state index contributed by atoms with van der Waals surface area (Å²) in [5.41, 5.74) is 2.50. The molecule has 23 heavy (non-hydrogen) atoms. The summed E-state index contributed by atoms with van der Waals surface area (Å²) in [7, 11) is 0. The summed E-state index contributed by atoms with van der Waals surface area (Å²) in [5.74, 6) is 0.109. The molecule has 0 heterocycles. The number of aliphatic carboxylic acids is 1. The molecule has 0 amide bonds. The minimum Gasteiger partial charge on any atom is -0.478 e. The molecule has 120 valence electrons. The number of hydrogen-bond donors (Lipinski definition) is 1. The Labute approximate surface area is 136 Å². The van der Waals surface area contributed by atoms with Crippen LogP contribution in [0.25, 0.3) is 0 Å². The van der Waals surface area contributed by atoms with Crippen molar-refractivity contribution >= 4 is 5.97 Å². The molecule has 0 aromatic heterocycles. The monoisotopic (exact) mass is 310 g/mol. The van der Waals surface area contributed by atoms with Gasteiger partial charge in [-0.25, -0.2) is 4.79 Å². The highest BCUT2D eigenvalue weighted by molar-refractivity contribution is 5.77. The van der Waals surface area contributed by atoms with Gasteiger partial charge in [0.2, 0.25) is 0 Å². The van der Waals surface area contributed by atoms with Crippen molar-refractivity contribution < 1.29 is 14.6 Å². The first kappa shape index (κ1) is 15.6. The van der Waals surface area contributed by atoms with Crippen LogP contribution < -0.4 is 4.74 Å². The van der Waals surface area contributed by atoms with Crippen molar-refractivity contribution in [1.82, 2.24) is 0 Å². The van der Waals surface area contributed by atoms with Gasteiger partial charge in [-0.1, -0.05) is 42.5 Å². The van der Waals surface area contributed by atoms with E-state index in [1.54, 1.807) is 13.8 Å². The summed E-state index contributed by atoms with van der Waals surface area (Å²) < 4.78 is 5.85. The highest BCUT2D eigenvalue weighted by Gasteiger charge is 2.32. The molecule has 0 saturated heterocycles. The van der Waals surface area contributed by atoms with E-state index in [4.69, 9.17) is 4.74 Å². The van der Waals surface area contributed by atoms with Gasteiger partial charge in [0, 0.05) is 5.92 Å². The van der Waals surface area contributed by atoms with Crippen molar-refractivity contribution in [3.05, 3.63) is 65.2 Å². The third kappa shape index (κ3) is 3.09. The SMILES string of the molecule is CC(C)(Oc1cccc2c1CCCC2c1ccccc1)C(=O)O. The third-order valence-corrected chi connectivity index (χ3v) is 4.55. The predicted molar refractivity (Wildman–Crippen MR) is 90.0 cm³/mol. The van der Waals surface area contributed by atoms with Crippen molar-refractivity contribution in [2.24, 2.45) is 0 Å². The molecule has 0 saturated carbocycles. The Morgan fingerprint density at radius 2 is 1.87 bits per heavy atom. The van der Waals surface area contributed by atoms with Gasteiger partial charge in [0.15, 0.2) is 5.60 Å². The van der Waals surface area contributed by atoms with Crippen LogP contribution in [0.4, 0.5) is 0 Å². The second-order valence-electron chi connectivity index (χ2n) is 6.60. The summed E-state index contributed by atoms with van der Waals surface area (Å²) >= 11 is 0. The van der Waals surface area contributed by atoms with E-state index in [9.17, 15) is 9.90 Å². The standard InChI is InChI=1S/C20H22O3/c1-20(2,19(21)22)23-18-13-7-11-16-15(10-6-12-17(16)18)14-8-4-3-5-9-14/h3-5,7-9,11,13,15H,6,10,12H2,1-2H3,(H,21,22). The van der Waals surface area contributed by atoms with Gasteiger partial charge in [0.05, 0.1) is 0 Å². The maximum Gasteiger partial charge on any atom is 0.347 e.